The second-order valence-electron chi connectivity index (χ2n) is 8.13. The molecule has 9 heteroatoms. The second kappa shape index (κ2) is 11.2. The van der Waals surface area contributed by atoms with Gasteiger partial charge >= 0.3 is 0 Å². The monoisotopic (exact) mass is 457 g/mol. The average Bonchev–Trinajstić information content (AvgIpc) is 3.58. The largest absolute Gasteiger partial charge is 0.493 e. The zero-order valence-electron chi connectivity index (χ0n) is 19.0. The van der Waals surface area contributed by atoms with Crippen molar-refractivity contribution in [3.63, 3.8) is 0 Å². The van der Waals surface area contributed by atoms with E-state index in [1.807, 2.05) is 12.1 Å². The van der Waals surface area contributed by atoms with Gasteiger partial charge in [-0.3, -0.25) is 14.5 Å². The van der Waals surface area contributed by atoms with E-state index in [9.17, 15) is 9.59 Å². The molecule has 1 atom stereocenters. The smallest absolute Gasteiger partial charge is 0.260 e. The number of benzene rings is 1. The molecule has 9 nitrogen and oxygen atoms in total. The van der Waals surface area contributed by atoms with Gasteiger partial charge in [0.2, 0.25) is 0 Å². The number of amides is 2. The van der Waals surface area contributed by atoms with Crippen molar-refractivity contribution in [2.24, 2.45) is 0 Å². The van der Waals surface area contributed by atoms with Crippen LogP contribution in [0.25, 0.3) is 0 Å². The molecule has 0 radical (unpaired) electrons. The van der Waals surface area contributed by atoms with E-state index in [1.165, 1.54) is 7.11 Å². The number of furan rings is 1. The lowest BCUT2D eigenvalue weighted by atomic mass is 10.1. The van der Waals surface area contributed by atoms with Gasteiger partial charge in [-0.2, -0.15) is 0 Å². The van der Waals surface area contributed by atoms with Gasteiger partial charge in [0.15, 0.2) is 18.1 Å². The summed E-state index contributed by atoms with van der Waals surface area (Å²) in [5.41, 5.74) is 0.457. The maximum atomic E-state index is 12.9. The maximum Gasteiger partial charge on any atom is 0.260 e. The van der Waals surface area contributed by atoms with E-state index in [-0.39, 0.29) is 24.5 Å². The van der Waals surface area contributed by atoms with Crippen LogP contribution < -0.4 is 14.8 Å². The topological polar surface area (TPSA) is 93.5 Å². The number of carbonyl (C=O) groups is 2. The van der Waals surface area contributed by atoms with Crippen LogP contribution in [0.3, 0.4) is 0 Å². The lowest BCUT2D eigenvalue weighted by Gasteiger charge is -2.26. The van der Waals surface area contributed by atoms with Crippen molar-refractivity contribution in [1.82, 2.24) is 15.1 Å². The summed E-state index contributed by atoms with van der Waals surface area (Å²) in [4.78, 5) is 29.2. The first-order chi connectivity index (χ1) is 16.2. The fourth-order valence-corrected chi connectivity index (χ4v) is 4.21. The summed E-state index contributed by atoms with van der Waals surface area (Å²) in [5.74, 6) is 1.36. The number of methoxy groups -OCH3 is 1. The van der Waals surface area contributed by atoms with E-state index in [4.69, 9.17) is 18.6 Å². The van der Waals surface area contributed by atoms with E-state index in [0.29, 0.717) is 49.9 Å². The molecule has 1 aromatic carbocycles. The standard InChI is InChI=1S/C24H31N3O6/c1-30-22-15-18(6-7-21(22)33-17-23(28)27-10-13-31-14-11-27)24(29)25-16-19(20-5-4-12-32-20)26-8-2-3-9-26/h4-7,12,15,19H,2-3,8-11,13-14,16-17H2,1H3,(H,25,29)/t19-/m0/s1. The highest BCUT2D eigenvalue weighted by Gasteiger charge is 2.26. The Morgan fingerprint density at radius 2 is 1.88 bits per heavy atom. The molecule has 4 rings (SSSR count). The first-order valence-electron chi connectivity index (χ1n) is 11.4. The molecule has 0 bridgehead atoms. The lowest BCUT2D eigenvalue weighted by Crippen LogP contribution is -2.43. The van der Waals surface area contributed by atoms with Crippen molar-refractivity contribution in [3.05, 3.63) is 47.9 Å². The number of hydrogen-bond acceptors (Lipinski definition) is 7. The van der Waals surface area contributed by atoms with Gasteiger partial charge in [0.25, 0.3) is 11.8 Å². The summed E-state index contributed by atoms with van der Waals surface area (Å²) < 4.78 is 22.0. The Labute approximate surface area is 193 Å². The molecular weight excluding hydrogens is 426 g/mol. The first-order valence-corrected chi connectivity index (χ1v) is 11.4. The van der Waals surface area contributed by atoms with E-state index in [0.717, 1.165) is 31.7 Å². The van der Waals surface area contributed by atoms with Crippen LogP contribution in [-0.4, -0.2) is 81.3 Å². The fourth-order valence-electron chi connectivity index (χ4n) is 4.21. The summed E-state index contributed by atoms with van der Waals surface area (Å²) in [7, 11) is 1.51. The summed E-state index contributed by atoms with van der Waals surface area (Å²) in [6, 6.07) is 8.77. The van der Waals surface area contributed by atoms with Crippen LogP contribution >= 0.6 is 0 Å². The molecule has 2 amide bonds. The molecule has 2 aliphatic heterocycles. The van der Waals surface area contributed by atoms with Crippen LogP contribution in [0.15, 0.2) is 41.0 Å². The predicted octanol–water partition coefficient (Wildman–Crippen LogP) is 2.09. The SMILES string of the molecule is COc1cc(C(=O)NC[C@@H](c2ccco2)N2CCCC2)ccc1OCC(=O)N1CCOCC1. The van der Waals surface area contributed by atoms with Crippen LogP contribution in [0.5, 0.6) is 11.5 Å². The Morgan fingerprint density at radius 1 is 1.09 bits per heavy atom. The molecule has 3 heterocycles. The van der Waals surface area contributed by atoms with Crippen molar-refractivity contribution >= 4 is 11.8 Å². The average molecular weight is 458 g/mol. The van der Waals surface area contributed by atoms with E-state index in [2.05, 4.69) is 10.2 Å². The highest BCUT2D eigenvalue weighted by Crippen LogP contribution is 2.29. The Hall–Kier alpha value is -3.04. The molecule has 2 aromatic rings. The molecular formula is C24H31N3O6. The van der Waals surface area contributed by atoms with E-state index >= 15 is 0 Å². The maximum absolute atomic E-state index is 12.9. The van der Waals surface area contributed by atoms with Crippen molar-refractivity contribution in [2.75, 3.05) is 59.7 Å². The normalized spacial score (nSPS) is 17.5. The van der Waals surface area contributed by atoms with Crippen LogP contribution in [0.4, 0.5) is 0 Å². The number of nitrogens with zero attached hydrogens (tertiary/aromatic N) is 2. The Morgan fingerprint density at radius 3 is 2.58 bits per heavy atom. The highest BCUT2D eigenvalue weighted by atomic mass is 16.5. The molecule has 33 heavy (non-hydrogen) atoms. The van der Waals surface area contributed by atoms with Crippen molar-refractivity contribution in [1.29, 1.82) is 0 Å². The first kappa shape index (κ1) is 23.1. The molecule has 0 saturated carbocycles. The third-order valence-corrected chi connectivity index (χ3v) is 6.05. The van der Waals surface area contributed by atoms with Gasteiger partial charge in [0, 0.05) is 25.2 Å². The van der Waals surface area contributed by atoms with Crippen LogP contribution in [0.1, 0.15) is 35.0 Å². The van der Waals surface area contributed by atoms with Gasteiger partial charge in [0.05, 0.1) is 32.6 Å². The molecule has 0 spiro atoms. The minimum absolute atomic E-state index is 0.00199. The van der Waals surface area contributed by atoms with Crippen LogP contribution in [0.2, 0.25) is 0 Å². The number of hydrogen-bond donors (Lipinski definition) is 1. The fraction of sp³-hybridized carbons (Fsp3) is 0.500. The lowest BCUT2D eigenvalue weighted by molar-refractivity contribution is -0.137. The zero-order chi connectivity index (χ0) is 23.0. The molecule has 2 saturated heterocycles. The highest BCUT2D eigenvalue weighted by molar-refractivity contribution is 5.95. The Balaban J connectivity index is 1.36. The second-order valence-corrected chi connectivity index (χ2v) is 8.13. The molecule has 0 unspecified atom stereocenters. The molecule has 1 aromatic heterocycles. The number of carbonyl (C=O) groups excluding carboxylic acids is 2. The Kier molecular flexibility index (Phi) is 7.85. The van der Waals surface area contributed by atoms with Crippen LogP contribution in [0, 0.1) is 0 Å². The van der Waals surface area contributed by atoms with Gasteiger partial charge in [-0.05, 0) is 56.3 Å². The van der Waals surface area contributed by atoms with Crippen molar-refractivity contribution in [3.8, 4) is 11.5 Å². The van der Waals surface area contributed by atoms with Gasteiger partial charge in [-0.1, -0.05) is 0 Å². The molecule has 1 N–H and O–H groups in total. The minimum Gasteiger partial charge on any atom is -0.493 e. The third-order valence-electron chi connectivity index (χ3n) is 6.05. The van der Waals surface area contributed by atoms with Gasteiger partial charge in [0.1, 0.15) is 5.76 Å². The molecule has 178 valence electrons. The Bertz CT molecular complexity index is 920. The van der Waals surface area contributed by atoms with Gasteiger partial charge in [-0.15, -0.1) is 0 Å². The quantitative estimate of drug-likeness (QED) is 0.616. The zero-order valence-corrected chi connectivity index (χ0v) is 19.0. The molecule has 2 fully saturated rings. The third kappa shape index (κ3) is 5.85. The van der Waals surface area contributed by atoms with Crippen LogP contribution in [-0.2, 0) is 9.53 Å². The molecule has 2 aliphatic rings. The van der Waals surface area contributed by atoms with Crippen molar-refractivity contribution < 1.29 is 28.2 Å². The number of likely N-dealkylation sites (tertiary alicyclic amines) is 1. The minimum atomic E-state index is -0.208. The summed E-state index contributed by atoms with van der Waals surface area (Å²) in [5, 5.41) is 3.02. The van der Waals surface area contributed by atoms with Gasteiger partial charge in [-0.25, -0.2) is 0 Å². The molecule has 0 aliphatic carbocycles. The number of rotatable bonds is 9. The van der Waals surface area contributed by atoms with Crippen molar-refractivity contribution in [2.45, 2.75) is 18.9 Å². The van der Waals surface area contributed by atoms with E-state index < -0.39 is 0 Å². The summed E-state index contributed by atoms with van der Waals surface area (Å²) in [6.07, 6.45) is 3.96. The predicted molar refractivity (Wildman–Crippen MR) is 120 cm³/mol. The van der Waals surface area contributed by atoms with E-state index in [1.54, 1.807) is 29.4 Å². The number of morpholine rings is 1. The number of nitrogens with one attached hydrogen (secondary N) is 1. The van der Waals surface area contributed by atoms with Gasteiger partial charge < -0.3 is 28.8 Å². The summed E-state index contributed by atoms with van der Waals surface area (Å²) in [6.45, 7) is 4.54. The summed E-state index contributed by atoms with van der Waals surface area (Å²) >= 11 is 0. The number of ether oxygens (including phenoxy) is 3.